The highest BCUT2D eigenvalue weighted by atomic mass is 16.5. The van der Waals surface area contributed by atoms with Crippen LogP contribution < -0.4 is 9.47 Å². The van der Waals surface area contributed by atoms with Gasteiger partial charge in [-0.2, -0.15) is 0 Å². The van der Waals surface area contributed by atoms with Crippen molar-refractivity contribution in [2.24, 2.45) is 0 Å². The van der Waals surface area contributed by atoms with Crippen LogP contribution in [0.5, 0.6) is 17.2 Å². The average Bonchev–Trinajstić information content (AvgIpc) is 2.62. The number of pyridine rings is 1. The van der Waals surface area contributed by atoms with Crippen molar-refractivity contribution in [3.8, 4) is 17.2 Å². The molecule has 0 atom stereocenters. The van der Waals surface area contributed by atoms with Crippen molar-refractivity contribution < 1.29 is 9.47 Å². The van der Waals surface area contributed by atoms with E-state index in [1.807, 2.05) is 79.7 Å². The van der Waals surface area contributed by atoms with Crippen LogP contribution in [0.2, 0.25) is 0 Å². The fourth-order valence-electron chi connectivity index (χ4n) is 2.86. The second-order valence-electron chi connectivity index (χ2n) is 5.46. The molecule has 0 saturated heterocycles. The van der Waals surface area contributed by atoms with Crippen molar-refractivity contribution in [3.63, 3.8) is 0 Å². The van der Waals surface area contributed by atoms with Gasteiger partial charge >= 0.3 is 0 Å². The first-order chi connectivity index (χ1) is 11.9. The van der Waals surface area contributed by atoms with Crippen LogP contribution in [0.3, 0.4) is 0 Å². The molecule has 24 heavy (non-hydrogen) atoms. The second-order valence-corrected chi connectivity index (χ2v) is 5.46. The van der Waals surface area contributed by atoms with Gasteiger partial charge < -0.3 is 9.47 Å². The van der Waals surface area contributed by atoms with E-state index in [2.05, 4.69) is 0 Å². The van der Waals surface area contributed by atoms with Crippen LogP contribution in [-0.2, 0) is 0 Å². The molecule has 0 aliphatic heterocycles. The van der Waals surface area contributed by atoms with E-state index >= 15 is 0 Å². The quantitative estimate of drug-likeness (QED) is 0.461. The number of rotatable bonds is 4. The van der Waals surface area contributed by atoms with Gasteiger partial charge in [-0.3, -0.25) is 0 Å². The van der Waals surface area contributed by atoms with Gasteiger partial charge in [-0.05, 0) is 43.3 Å². The lowest BCUT2D eigenvalue weighted by Crippen LogP contribution is -1.97. The van der Waals surface area contributed by atoms with Crippen LogP contribution >= 0.6 is 0 Å². The molecule has 4 rings (SSSR count). The minimum atomic E-state index is 0.586. The Morgan fingerprint density at radius 3 is 2.38 bits per heavy atom. The molecule has 3 nitrogen and oxygen atoms in total. The highest BCUT2D eigenvalue weighted by Crippen LogP contribution is 2.40. The van der Waals surface area contributed by atoms with Gasteiger partial charge in [0.05, 0.1) is 23.0 Å². The molecule has 0 N–H and O–H groups in total. The van der Waals surface area contributed by atoms with Gasteiger partial charge in [0.1, 0.15) is 17.2 Å². The third-order valence-corrected chi connectivity index (χ3v) is 3.88. The van der Waals surface area contributed by atoms with Crippen LogP contribution in [0.15, 0.2) is 72.8 Å². The Morgan fingerprint density at radius 1 is 0.792 bits per heavy atom. The zero-order valence-electron chi connectivity index (χ0n) is 13.4. The van der Waals surface area contributed by atoms with Crippen LogP contribution in [-0.4, -0.2) is 11.6 Å². The van der Waals surface area contributed by atoms with Crippen molar-refractivity contribution in [1.29, 1.82) is 0 Å². The summed E-state index contributed by atoms with van der Waals surface area (Å²) in [5.41, 5.74) is 1.79. The van der Waals surface area contributed by atoms with E-state index in [-0.39, 0.29) is 0 Å². The van der Waals surface area contributed by atoms with Crippen molar-refractivity contribution in [2.75, 3.05) is 6.61 Å². The molecule has 0 aliphatic carbocycles. The molecule has 0 saturated carbocycles. The first-order valence-corrected chi connectivity index (χ1v) is 8.04. The third kappa shape index (κ3) is 2.54. The monoisotopic (exact) mass is 315 g/mol. The van der Waals surface area contributed by atoms with E-state index < -0.39 is 0 Å². The minimum absolute atomic E-state index is 0.586. The Balaban J connectivity index is 1.99. The van der Waals surface area contributed by atoms with E-state index in [1.54, 1.807) is 0 Å². The summed E-state index contributed by atoms with van der Waals surface area (Å²) >= 11 is 0. The largest absolute Gasteiger partial charge is 0.492 e. The van der Waals surface area contributed by atoms with Gasteiger partial charge in [0, 0.05) is 5.39 Å². The molecule has 118 valence electrons. The fraction of sp³-hybridized carbons (Fsp3) is 0.0952. The van der Waals surface area contributed by atoms with Crippen LogP contribution in [0.4, 0.5) is 0 Å². The Hall–Kier alpha value is -3.07. The normalized spacial score (nSPS) is 10.9. The molecule has 3 aromatic carbocycles. The number of para-hydroxylation sites is 2. The first-order valence-electron chi connectivity index (χ1n) is 8.04. The molecular weight excluding hydrogens is 298 g/mol. The maximum Gasteiger partial charge on any atom is 0.141 e. The van der Waals surface area contributed by atoms with Crippen molar-refractivity contribution >= 4 is 21.8 Å². The standard InChI is InChI=1S/C21H17NO2/c1-2-23-21-16-11-6-7-12-17(16)22-18-13-8-14-19(20(18)21)24-15-9-4-3-5-10-15/h3-14H,2H2,1H3. The summed E-state index contributed by atoms with van der Waals surface area (Å²) in [7, 11) is 0. The Bertz CT molecular complexity index is 996. The molecule has 4 aromatic rings. The maximum atomic E-state index is 6.11. The van der Waals surface area contributed by atoms with Gasteiger partial charge in [0.25, 0.3) is 0 Å². The van der Waals surface area contributed by atoms with Crippen molar-refractivity contribution in [2.45, 2.75) is 6.92 Å². The predicted octanol–water partition coefficient (Wildman–Crippen LogP) is 5.58. The molecule has 0 fully saturated rings. The molecular formula is C21H17NO2. The smallest absolute Gasteiger partial charge is 0.141 e. The zero-order valence-corrected chi connectivity index (χ0v) is 13.4. The van der Waals surface area contributed by atoms with Crippen LogP contribution in [0, 0.1) is 0 Å². The molecule has 3 heteroatoms. The fourth-order valence-corrected chi connectivity index (χ4v) is 2.86. The summed E-state index contributed by atoms with van der Waals surface area (Å²) in [6.45, 7) is 2.57. The lowest BCUT2D eigenvalue weighted by molar-refractivity contribution is 0.347. The minimum Gasteiger partial charge on any atom is -0.492 e. The van der Waals surface area contributed by atoms with E-state index in [0.717, 1.165) is 39.1 Å². The molecule has 0 spiro atoms. The second kappa shape index (κ2) is 6.20. The maximum absolute atomic E-state index is 6.11. The number of nitrogens with zero attached hydrogens (tertiary/aromatic N) is 1. The highest BCUT2D eigenvalue weighted by molar-refractivity contribution is 6.03. The summed E-state index contributed by atoms with van der Waals surface area (Å²) in [6.07, 6.45) is 0. The lowest BCUT2D eigenvalue weighted by atomic mass is 10.1. The number of hydrogen-bond acceptors (Lipinski definition) is 3. The van der Waals surface area contributed by atoms with Gasteiger partial charge in [-0.25, -0.2) is 4.98 Å². The summed E-state index contributed by atoms with van der Waals surface area (Å²) in [4.78, 5) is 4.76. The summed E-state index contributed by atoms with van der Waals surface area (Å²) < 4.78 is 12.1. The van der Waals surface area contributed by atoms with Crippen LogP contribution in [0.25, 0.3) is 21.8 Å². The number of ether oxygens (including phenoxy) is 2. The molecule has 0 unspecified atom stereocenters. The topological polar surface area (TPSA) is 31.4 Å². The molecule has 0 amide bonds. The van der Waals surface area contributed by atoms with Crippen molar-refractivity contribution in [1.82, 2.24) is 4.98 Å². The number of fused-ring (bicyclic) bond motifs is 2. The Morgan fingerprint density at radius 2 is 1.54 bits per heavy atom. The number of hydrogen-bond donors (Lipinski definition) is 0. The van der Waals surface area contributed by atoms with Gasteiger partial charge in [-0.15, -0.1) is 0 Å². The van der Waals surface area contributed by atoms with Crippen molar-refractivity contribution in [3.05, 3.63) is 72.8 Å². The average molecular weight is 315 g/mol. The molecule has 0 bridgehead atoms. The third-order valence-electron chi connectivity index (χ3n) is 3.88. The molecule has 0 radical (unpaired) electrons. The predicted molar refractivity (Wildman–Crippen MR) is 96.9 cm³/mol. The summed E-state index contributed by atoms with van der Waals surface area (Å²) in [5.74, 6) is 2.37. The van der Waals surface area contributed by atoms with E-state index in [0.29, 0.717) is 6.61 Å². The van der Waals surface area contributed by atoms with E-state index in [1.165, 1.54) is 0 Å². The highest BCUT2D eigenvalue weighted by Gasteiger charge is 2.14. The Labute approximate surface area is 140 Å². The van der Waals surface area contributed by atoms with E-state index in [4.69, 9.17) is 14.5 Å². The SMILES string of the molecule is CCOc1c2ccccc2nc2cccc(Oc3ccccc3)c12. The molecule has 1 aromatic heterocycles. The Kier molecular flexibility index (Phi) is 3.75. The van der Waals surface area contributed by atoms with Gasteiger partial charge in [0.15, 0.2) is 0 Å². The first kappa shape index (κ1) is 14.5. The van der Waals surface area contributed by atoms with E-state index in [9.17, 15) is 0 Å². The van der Waals surface area contributed by atoms with Gasteiger partial charge in [0.2, 0.25) is 0 Å². The van der Waals surface area contributed by atoms with Crippen LogP contribution in [0.1, 0.15) is 6.92 Å². The zero-order chi connectivity index (χ0) is 16.4. The summed E-state index contributed by atoms with van der Waals surface area (Å²) in [6, 6.07) is 23.7. The lowest BCUT2D eigenvalue weighted by Gasteiger charge is -2.15. The molecule has 1 heterocycles. The van der Waals surface area contributed by atoms with Gasteiger partial charge in [-0.1, -0.05) is 36.4 Å². The molecule has 0 aliphatic rings. The number of benzene rings is 3. The summed E-state index contributed by atoms with van der Waals surface area (Å²) in [5, 5.41) is 1.90. The number of aromatic nitrogens is 1.